The number of phenolic OH excluding ortho intramolecular Hbond substituents is 2. The van der Waals surface area contributed by atoms with Crippen LogP contribution in [0.2, 0.25) is 5.02 Å². The number of amides is 1. The van der Waals surface area contributed by atoms with Gasteiger partial charge in [-0.2, -0.15) is 5.10 Å². The van der Waals surface area contributed by atoms with Crippen LogP contribution < -0.4 is 5.43 Å². The number of carbonyl (C=O) groups excluding carboxylic acids is 1. The van der Waals surface area contributed by atoms with Gasteiger partial charge in [0.25, 0.3) is 5.91 Å². The molecule has 0 spiro atoms. The molecule has 24 heavy (non-hydrogen) atoms. The highest BCUT2D eigenvalue weighted by atomic mass is 35.5. The van der Waals surface area contributed by atoms with E-state index in [1.54, 1.807) is 6.07 Å². The average molecular weight is 347 g/mol. The van der Waals surface area contributed by atoms with Gasteiger partial charge in [0, 0.05) is 10.6 Å². The quantitative estimate of drug-likeness (QED) is 0.583. The molecule has 0 saturated carbocycles. The van der Waals surface area contributed by atoms with Crippen LogP contribution >= 0.6 is 11.6 Å². The predicted octanol–water partition coefficient (Wildman–Crippen LogP) is 3.81. The second-order valence-corrected chi connectivity index (χ2v) is 6.82. The van der Waals surface area contributed by atoms with Crippen LogP contribution in [0.4, 0.5) is 0 Å². The highest BCUT2D eigenvalue weighted by Gasteiger charge is 2.15. The topological polar surface area (TPSA) is 81.9 Å². The van der Waals surface area contributed by atoms with Crippen molar-refractivity contribution in [2.75, 3.05) is 0 Å². The van der Waals surface area contributed by atoms with Gasteiger partial charge in [-0.3, -0.25) is 4.79 Å². The molecule has 0 unspecified atom stereocenters. The number of aromatic hydroxyl groups is 2. The third-order valence-corrected chi connectivity index (χ3v) is 3.70. The van der Waals surface area contributed by atoms with Crippen LogP contribution in [0.15, 0.2) is 41.5 Å². The number of hydrogen-bond donors (Lipinski definition) is 3. The van der Waals surface area contributed by atoms with Gasteiger partial charge in [-0.15, -0.1) is 0 Å². The average Bonchev–Trinajstić information content (AvgIpc) is 2.50. The summed E-state index contributed by atoms with van der Waals surface area (Å²) in [6, 6.07) is 9.40. The van der Waals surface area contributed by atoms with Crippen molar-refractivity contribution in [1.82, 2.24) is 5.43 Å². The molecule has 5 nitrogen and oxygen atoms in total. The van der Waals surface area contributed by atoms with Gasteiger partial charge in [-0.05, 0) is 41.3 Å². The molecule has 1 amide bonds. The summed E-state index contributed by atoms with van der Waals surface area (Å²) < 4.78 is 0. The van der Waals surface area contributed by atoms with Gasteiger partial charge in [0.1, 0.15) is 11.5 Å². The molecule has 3 N–H and O–H groups in total. The van der Waals surface area contributed by atoms with E-state index in [4.69, 9.17) is 11.6 Å². The largest absolute Gasteiger partial charge is 0.507 e. The number of hydrazone groups is 1. The third-order valence-electron chi connectivity index (χ3n) is 3.47. The van der Waals surface area contributed by atoms with Gasteiger partial charge in [0.2, 0.25) is 0 Å². The molecule has 0 radical (unpaired) electrons. The number of phenols is 2. The number of carbonyl (C=O) groups is 1. The molecule has 0 aromatic heterocycles. The molecule has 2 rings (SSSR count). The lowest BCUT2D eigenvalue weighted by Crippen LogP contribution is -2.18. The maximum absolute atomic E-state index is 12.0. The summed E-state index contributed by atoms with van der Waals surface area (Å²) in [5.74, 6) is -0.728. The molecule has 0 heterocycles. The number of halogens is 1. The van der Waals surface area contributed by atoms with E-state index in [2.05, 4.69) is 31.3 Å². The van der Waals surface area contributed by atoms with Crippen LogP contribution in [-0.2, 0) is 5.41 Å². The van der Waals surface area contributed by atoms with E-state index in [9.17, 15) is 15.0 Å². The summed E-state index contributed by atoms with van der Waals surface area (Å²) >= 11 is 5.81. The molecule has 126 valence electrons. The Morgan fingerprint density at radius 3 is 2.46 bits per heavy atom. The summed E-state index contributed by atoms with van der Waals surface area (Å²) in [5.41, 5.74) is 3.76. The number of nitrogens with one attached hydrogen (secondary N) is 1. The SMILES string of the molecule is CC(C)(C)c1ccc(O)c(/C=N\NC(=O)c2cc(Cl)ccc2O)c1. The van der Waals surface area contributed by atoms with Crippen molar-refractivity contribution >= 4 is 23.7 Å². The predicted molar refractivity (Wildman–Crippen MR) is 95.0 cm³/mol. The van der Waals surface area contributed by atoms with Crippen LogP contribution in [0.25, 0.3) is 0 Å². The fourth-order valence-electron chi connectivity index (χ4n) is 2.04. The number of hydrogen-bond acceptors (Lipinski definition) is 4. The second kappa shape index (κ2) is 6.93. The van der Waals surface area contributed by atoms with Crippen LogP contribution in [0, 0.1) is 0 Å². The number of benzene rings is 2. The summed E-state index contributed by atoms with van der Waals surface area (Å²) in [6.07, 6.45) is 1.35. The molecular formula is C18H19ClN2O3. The van der Waals surface area contributed by atoms with Crippen molar-refractivity contribution in [3.05, 3.63) is 58.1 Å². The van der Waals surface area contributed by atoms with Gasteiger partial charge < -0.3 is 10.2 Å². The minimum atomic E-state index is -0.599. The van der Waals surface area contributed by atoms with Gasteiger partial charge in [-0.25, -0.2) is 5.43 Å². The lowest BCUT2D eigenvalue weighted by molar-refractivity contribution is 0.0952. The minimum Gasteiger partial charge on any atom is -0.507 e. The van der Waals surface area contributed by atoms with Crippen LogP contribution in [0.5, 0.6) is 11.5 Å². The Labute approximate surface area is 145 Å². The molecule has 0 saturated heterocycles. The first kappa shape index (κ1) is 17.8. The maximum atomic E-state index is 12.0. The first-order valence-corrected chi connectivity index (χ1v) is 7.71. The van der Waals surface area contributed by atoms with Crippen molar-refractivity contribution in [2.24, 2.45) is 5.10 Å². The van der Waals surface area contributed by atoms with Crippen molar-refractivity contribution < 1.29 is 15.0 Å². The molecular weight excluding hydrogens is 328 g/mol. The molecule has 2 aromatic rings. The van der Waals surface area contributed by atoms with Gasteiger partial charge >= 0.3 is 0 Å². The van der Waals surface area contributed by atoms with Crippen molar-refractivity contribution in [2.45, 2.75) is 26.2 Å². The lowest BCUT2D eigenvalue weighted by Gasteiger charge is -2.19. The first-order chi connectivity index (χ1) is 11.2. The number of rotatable bonds is 3. The van der Waals surface area contributed by atoms with E-state index in [-0.39, 0.29) is 22.5 Å². The molecule has 0 atom stereocenters. The molecule has 0 aliphatic rings. The highest BCUT2D eigenvalue weighted by Crippen LogP contribution is 2.26. The van der Waals surface area contributed by atoms with Crippen molar-refractivity contribution in [3.8, 4) is 11.5 Å². The Morgan fingerprint density at radius 1 is 1.12 bits per heavy atom. The maximum Gasteiger partial charge on any atom is 0.275 e. The van der Waals surface area contributed by atoms with E-state index < -0.39 is 5.91 Å². The molecule has 0 aliphatic heterocycles. The molecule has 0 fully saturated rings. The molecule has 6 heteroatoms. The number of nitrogens with zero attached hydrogens (tertiary/aromatic N) is 1. The Hall–Kier alpha value is -2.53. The summed E-state index contributed by atoms with van der Waals surface area (Å²) in [4.78, 5) is 12.0. The van der Waals surface area contributed by atoms with E-state index >= 15 is 0 Å². The summed E-state index contributed by atoms with van der Waals surface area (Å²) in [5, 5.41) is 23.7. The monoisotopic (exact) mass is 346 g/mol. The first-order valence-electron chi connectivity index (χ1n) is 7.34. The lowest BCUT2D eigenvalue weighted by atomic mass is 9.86. The third kappa shape index (κ3) is 4.26. The van der Waals surface area contributed by atoms with Gasteiger partial charge in [0.05, 0.1) is 11.8 Å². The fraction of sp³-hybridized carbons (Fsp3) is 0.222. The second-order valence-electron chi connectivity index (χ2n) is 6.38. The molecule has 0 bridgehead atoms. The molecule has 2 aromatic carbocycles. The van der Waals surface area contributed by atoms with E-state index in [1.165, 1.54) is 24.4 Å². The normalized spacial score (nSPS) is 11.7. The van der Waals surface area contributed by atoms with E-state index in [0.717, 1.165) is 5.56 Å². The van der Waals surface area contributed by atoms with E-state index in [1.807, 2.05) is 12.1 Å². The Morgan fingerprint density at radius 2 is 1.79 bits per heavy atom. The van der Waals surface area contributed by atoms with Crippen LogP contribution in [-0.4, -0.2) is 22.3 Å². The highest BCUT2D eigenvalue weighted by molar-refractivity contribution is 6.31. The summed E-state index contributed by atoms with van der Waals surface area (Å²) in [7, 11) is 0. The van der Waals surface area contributed by atoms with E-state index in [0.29, 0.717) is 10.6 Å². The van der Waals surface area contributed by atoms with Gasteiger partial charge in [0.15, 0.2) is 0 Å². The zero-order valence-electron chi connectivity index (χ0n) is 13.7. The Balaban J connectivity index is 2.17. The summed E-state index contributed by atoms with van der Waals surface area (Å²) in [6.45, 7) is 6.18. The van der Waals surface area contributed by atoms with Gasteiger partial charge in [-0.1, -0.05) is 38.4 Å². The zero-order chi connectivity index (χ0) is 17.9. The molecule has 0 aliphatic carbocycles. The smallest absolute Gasteiger partial charge is 0.275 e. The minimum absolute atomic E-state index is 0.0207. The zero-order valence-corrected chi connectivity index (χ0v) is 14.4. The fourth-order valence-corrected chi connectivity index (χ4v) is 2.21. The van der Waals surface area contributed by atoms with Crippen LogP contribution in [0.1, 0.15) is 42.3 Å². The Kier molecular flexibility index (Phi) is 5.14. The van der Waals surface area contributed by atoms with Crippen LogP contribution in [0.3, 0.4) is 0 Å². The van der Waals surface area contributed by atoms with Crippen molar-refractivity contribution in [3.63, 3.8) is 0 Å². The Bertz CT molecular complexity index is 795. The van der Waals surface area contributed by atoms with Crippen molar-refractivity contribution in [1.29, 1.82) is 0 Å². The standard InChI is InChI=1S/C18H19ClN2O3/c1-18(2,3)12-4-6-15(22)11(8-12)10-20-21-17(24)14-9-13(19)5-7-16(14)23/h4-10,22-23H,1-3H3,(H,21,24)/b20-10-.